The maximum atomic E-state index is 6.20. The first-order valence-corrected chi connectivity index (χ1v) is 9.98. The smallest absolute Gasteiger partial charge is 0.278 e. The molecule has 3 N–H and O–H groups in total. The van der Waals surface area contributed by atoms with Gasteiger partial charge in [0.15, 0.2) is 0 Å². The first kappa shape index (κ1) is 16.6. The molecule has 0 radical (unpaired) electrons. The van der Waals surface area contributed by atoms with Crippen LogP contribution in [0.5, 0.6) is 0 Å². The van der Waals surface area contributed by atoms with E-state index in [1.165, 1.54) is 34.5 Å². The Hall–Kier alpha value is -1.84. The van der Waals surface area contributed by atoms with Crippen molar-refractivity contribution in [2.24, 2.45) is 0 Å². The van der Waals surface area contributed by atoms with E-state index < -0.39 is 0 Å². The lowest BCUT2D eigenvalue weighted by Gasteiger charge is -2.27. The number of hydrogen-bond donors (Lipinski definition) is 1. The highest BCUT2D eigenvalue weighted by molar-refractivity contribution is 7.15. The number of benzene rings is 2. The minimum atomic E-state index is 0.0306. The molecule has 0 saturated heterocycles. The Balaban J connectivity index is 1.79. The van der Waals surface area contributed by atoms with Gasteiger partial charge in [0, 0.05) is 11.4 Å². The van der Waals surface area contributed by atoms with Crippen LogP contribution in [0, 0.1) is 0 Å². The van der Waals surface area contributed by atoms with Crippen molar-refractivity contribution >= 4 is 28.1 Å². The van der Waals surface area contributed by atoms with E-state index in [0.717, 1.165) is 29.4 Å². The zero-order valence-corrected chi connectivity index (χ0v) is 15.7. The van der Waals surface area contributed by atoms with E-state index >= 15 is 0 Å². The van der Waals surface area contributed by atoms with Crippen LogP contribution in [0.1, 0.15) is 47.4 Å². The van der Waals surface area contributed by atoms with Gasteiger partial charge in [-0.25, -0.2) is 4.98 Å². The van der Waals surface area contributed by atoms with Crippen molar-refractivity contribution in [2.45, 2.75) is 37.5 Å². The molecule has 1 aliphatic carbocycles. The number of aromatic amines is 1. The molecule has 1 saturated carbocycles. The first-order valence-electron chi connectivity index (χ1n) is 8.78. The van der Waals surface area contributed by atoms with Crippen molar-refractivity contribution < 1.29 is 4.98 Å². The molecule has 2 nitrogen and oxygen atoms in total. The Morgan fingerprint density at radius 2 is 1.68 bits per heavy atom. The van der Waals surface area contributed by atoms with Crippen LogP contribution < -0.4 is 10.7 Å². The summed E-state index contributed by atoms with van der Waals surface area (Å²) in [5.74, 6) is 0. The summed E-state index contributed by atoms with van der Waals surface area (Å²) >= 11 is 7.82. The number of hydrogen-bond acceptors (Lipinski definition) is 2. The molecule has 0 unspecified atom stereocenters. The maximum absolute atomic E-state index is 6.20. The minimum Gasteiger partial charge on any atom is -0.278 e. The van der Waals surface area contributed by atoms with Gasteiger partial charge in [-0.05, 0) is 36.1 Å². The molecule has 4 heteroatoms. The number of thiazole rings is 1. The van der Waals surface area contributed by atoms with Gasteiger partial charge in [-0.3, -0.25) is 5.73 Å². The number of rotatable bonds is 4. The maximum Gasteiger partial charge on any atom is 0.329 e. The summed E-state index contributed by atoms with van der Waals surface area (Å²) in [7, 11) is 0. The number of nitrogens with one attached hydrogen (secondary N) is 1. The van der Waals surface area contributed by atoms with E-state index in [1.807, 2.05) is 12.1 Å². The molecule has 0 spiro atoms. The Kier molecular flexibility index (Phi) is 4.53. The van der Waals surface area contributed by atoms with Crippen molar-refractivity contribution in [1.29, 1.82) is 0 Å². The van der Waals surface area contributed by atoms with Gasteiger partial charge in [0.2, 0.25) is 0 Å². The largest absolute Gasteiger partial charge is 0.329 e. The molecule has 1 fully saturated rings. The summed E-state index contributed by atoms with van der Waals surface area (Å²) in [6, 6.07) is 19.0. The Morgan fingerprint density at radius 3 is 2.36 bits per heavy atom. The van der Waals surface area contributed by atoms with Crippen LogP contribution in [0.15, 0.2) is 54.6 Å². The van der Waals surface area contributed by atoms with E-state index in [-0.39, 0.29) is 5.41 Å². The highest BCUT2D eigenvalue weighted by Crippen LogP contribution is 2.47. The van der Waals surface area contributed by atoms with Crippen LogP contribution in [-0.2, 0) is 11.8 Å². The van der Waals surface area contributed by atoms with Crippen molar-refractivity contribution in [3.05, 3.63) is 81.3 Å². The van der Waals surface area contributed by atoms with Gasteiger partial charge in [0.05, 0.1) is 10.3 Å². The predicted octanol–water partition coefficient (Wildman–Crippen LogP) is 5.25. The quantitative estimate of drug-likeness (QED) is 0.670. The van der Waals surface area contributed by atoms with Gasteiger partial charge in [-0.1, -0.05) is 78.2 Å². The number of aromatic nitrogens is 1. The lowest BCUT2D eigenvalue weighted by molar-refractivity contribution is -0.374. The fraction of sp³-hybridized carbons (Fsp3) is 0.286. The van der Waals surface area contributed by atoms with Crippen molar-refractivity contribution in [1.82, 2.24) is 0 Å². The molecule has 0 bridgehead atoms. The summed E-state index contributed by atoms with van der Waals surface area (Å²) < 4.78 is 0. The van der Waals surface area contributed by atoms with Gasteiger partial charge in [-0.15, -0.1) is 0 Å². The molecule has 0 aliphatic heterocycles. The molecular formula is C21H22ClN2S+. The Bertz CT molecular complexity index is 849. The summed E-state index contributed by atoms with van der Waals surface area (Å²) in [6.07, 6.45) is 5.73. The number of halogens is 1. The van der Waals surface area contributed by atoms with Crippen LogP contribution in [0.2, 0.25) is 5.02 Å². The van der Waals surface area contributed by atoms with Gasteiger partial charge < -0.3 is 0 Å². The van der Waals surface area contributed by atoms with Crippen molar-refractivity contribution in [3.63, 3.8) is 0 Å². The predicted molar refractivity (Wildman–Crippen MR) is 105 cm³/mol. The third kappa shape index (κ3) is 3.19. The standard InChI is InChI=1S/C21H21ClN2S/c22-17-10-8-16(9-11-17)21(12-4-5-13-21)19-18(25-20(23)24-19)14-15-6-2-1-3-7-15/h1-3,6-11H,4-5,12-14H2,(H2,23,24)/p+1. The van der Waals surface area contributed by atoms with Gasteiger partial charge in [0.1, 0.15) is 5.69 Å². The van der Waals surface area contributed by atoms with Crippen LogP contribution in [-0.4, -0.2) is 0 Å². The molecule has 1 aliphatic rings. The summed E-state index contributed by atoms with van der Waals surface area (Å²) in [5.41, 5.74) is 10.2. The Morgan fingerprint density at radius 1 is 1.00 bits per heavy atom. The molecule has 0 atom stereocenters. The van der Waals surface area contributed by atoms with E-state index in [9.17, 15) is 0 Å². The lowest BCUT2D eigenvalue weighted by atomic mass is 9.75. The van der Waals surface area contributed by atoms with Crippen LogP contribution in [0.25, 0.3) is 0 Å². The molecule has 4 rings (SSSR count). The molecule has 1 heterocycles. The second-order valence-electron chi connectivity index (χ2n) is 6.85. The minimum absolute atomic E-state index is 0.0306. The second kappa shape index (κ2) is 6.81. The molecule has 1 aromatic heterocycles. The number of nitrogens with two attached hydrogens (primary N) is 1. The summed E-state index contributed by atoms with van der Waals surface area (Å²) in [5, 5.41) is 1.58. The van der Waals surface area contributed by atoms with Gasteiger partial charge in [-0.2, -0.15) is 0 Å². The zero-order chi connectivity index (χ0) is 17.3. The van der Waals surface area contributed by atoms with E-state index in [2.05, 4.69) is 47.4 Å². The monoisotopic (exact) mass is 369 g/mol. The SMILES string of the molecule is Nc1[nH+]c(C2(c3ccc(Cl)cc3)CCCC2)c(Cc2ccccc2)s1. The zero-order valence-electron chi connectivity index (χ0n) is 14.1. The fourth-order valence-electron chi connectivity index (χ4n) is 4.12. The average molecular weight is 370 g/mol. The summed E-state index contributed by atoms with van der Waals surface area (Å²) in [6.45, 7) is 0. The topological polar surface area (TPSA) is 40.2 Å². The summed E-state index contributed by atoms with van der Waals surface area (Å²) in [4.78, 5) is 4.87. The number of H-pyrrole nitrogens is 1. The van der Waals surface area contributed by atoms with Gasteiger partial charge >= 0.3 is 5.13 Å². The molecule has 2 aromatic carbocycles. The molecule has 25 heavy (non-hydrogen) atoms. The number of nitrogen functional groups attached to an aromatic ring is 1. The normalized spacial score (nSPS) is 16.2. The third-order valence-corrected chi connectivity index (χ3v) is 6.47. The molecule has 128 valence electrons. The van der Waals surface area contributed by atoms with E-state index in [0.29, 0.717) is 0 Å². The van der Waals surface area contributed by atoms with Crippen LogP contribution in [0.3, 0.4) is 0 Å². The van der Waals surface area contributed by atoms with E-state index in [1.54, 1.807) is 11.3 Å². The highest BCUT2D eigenvalue weighted by Gasteiger charge is 2.43. The van der Waals surface area contributed by atoms with Crippen LogP contribution >= 0.6 is 22.9 Å². The molecular weight excluding hydrogens is 348 g/mol. The lowest BCUT2D eigenvalue weighted by Crippen LogP contribution is -2.32. The van der Waals surface area contributed by atoms with Crippen LogP contribution in [0.4, 0.5) is 5.13 Å². The Labute approximate surface area is 157 Å². The third-order valence-electron chi connectivity index (χ3n) is 5.30. The second-order valence-corrected chi connectivity index (χ2v) is 8.42. The van der Waals surface area contributed by atoms with Gasteiger partial charge in [0.25, 0.3) is 0 Å². The highest BCUT2D eigenvalue weighted by atomic mass is 35.5. The van der Waals surface area contributed by atoms with Crippen molar-refractivity contribution in [2.75, 3.05) is 5.73 Å². The van der Waals surface area contributed by atoms with E-state index in [4.69, 9.17) is 17.3 Å². The first-order chi connectivity index (χ1) is 12.2. The van der Waals surface area contributed by atoms with Crippen molar-refractivity contribution in [3.8, 4) is 0 Å². The fourth-order valence-corrected chi connectivity index (χ4v) is 5.26. The average Bonchev–Trinajstić information content (AvgIpc) is 3.24. The molecule has 3 aromatic rings. The molecule has 0 amide bonds. The number of anilines is 1.